The number of benzene rings is 1. The first-order chi connectivity index (χ1) is 6.74. The second-order valence-electron chi connectivity index (χ2n) is 2.59. The largest absolute Gasteiger partial charge is 0.351 e. The number of carbonyl (C=O) groups excluding carboxylic acids is 2. The van der Waals surface area contributed by atoms with Crippen LogP contribution in [-0.2, 0) is 4.79 Å². The topological polar surface area (TPSA) is 72.2 Å². The van der Waals surface area contributed by atoms with Gasteiger partial charge in [-0.2, -0.15) is 0 Å². The number of rotatable bonds is 3. The first kappa shape index (κ1) is 9.98. The van der Waals surface area contributed by atoms with E-state index in [1.807, 2.05) is 6.07 Å². The number of urea groups is 1. The van der Waals surface area contributed by atoms with Crippen LogP contribution in [0.5, 0.6) is 0 Å². The summed E-state index contributed by atoms with van der Waals surface area (Å²) in [6.45, 7) is 0. The standard InChI is InChI=1S/C10H10N2O2/c11-10(14)12-6-9(7-13)8-4-2-1-3-5-8/h1-7H,(H3,11,12,14)/b9-6-. The summed E-state index contributed by atoms with van der Waals surface area (Å²) in [5.74, 6) is 0. The van der Waals surface area contributed by atoms with Gasteiger partial charge in [0.15, 0.2) is 6.29 Å². The van der Waals surface area contributed by atoms with E-state index in [9.17, 15) is 9.59 Å². The Morgan fingerprint density at radius 1 is 1.29 bits per heavy atom. The van der Waals surface area contributed by atoms with Crippen LogP contribution in [0.4, 0.5) is 4.79 Å². The number of primary amides is 1. The summed E-state index contributed by atoms with van der Waals surface area (Å²) in [4.78, 5) is 21.1. The number of hydrogen-bond acceptors (Lipinski definition) is 2. The molecule has 0 saturated heterocycles. The van der Waals surface area contributed by atoms with Gasteiger partial charge in [-0.3, -0.25) is 4.79 Å². The molecule has 0 aromatic heterocycles. The molecule has 4 heteroatoms. The molecule has 0 bridgehead atoms. The van der Waals surface area contributed by atoms with E-state index in [0.29, 0.717) is 11.9 Å². The smallest absolute Gasteiger partial charge is 0.316 e. The molecular weight excluding hydrogens is 180 g/mol. The Bertz CT molecular complexity index is 358. The molecule has 0 unspecified atom stereocenters. The first-order valence-corrected chi connectivity index (χ1v) is 4.01. The SMILES string of the molecule is NC(=O)N/C=C(/C=O)c1ccccc1. The number of amides is 2. The second kappa shape index (κ2) is 4.81. The van der Waals surface area contributed by atoms with Crippen molar-refractivity contribution in [3.8, 4) is 0 Å². The van der Waals surface area contributed by atoms with Crippen LogP contribution in [0, 0.1) is 0 Å². The van der Waals surface area contributed by atoms with Gasteiger partial charge < -0.3 is 11.1 Å². The Balaban J connectivity index is 2.87. The van der Waals surface area contributed by atoms with Crippen LogP contribution in [0.15, 0.2) is 36.5 Å². The Kier molecular flexibility index (Phi) is 3.43. The third kappa shape index (κ3) is 2.75. The van der Waals surface area contributed by atoms with E-state index >= 15 is 0 Å². The summed E-state index contributed by atoms with van der Waals surface area (Å²) in [7, 11) is 0. The third-order valence-electron chi connectivity index (χ3n) is 1.60. The highest BCUT2D eigenvalue weighted by Crippen LogP contribution is 2.09. The van der Waals surface area contributed by atoms with Crippen molar-refractivity contribution >= 4 is 17.9 Å². The fraction of sp³-hybridized carbons (Fsp3) is 0. The molecule has 4 nitrogen and oxygen atoms in total. The molecule has 0 saturated carbocycles. The molecule has 1 aromatic rings. The van der Waals surface area contributed by atoms with Crippen molar-refractivity contribution in [1.82, 2.24) is 5.32 Å². The Labute approximate surface area is 81.4 Å². The van der Waals surface area contributed by atoms with Gasteiger partial charge in [0.25, 0.3) is 0 Å². The Morgan fingerprint density at radius 3 is 2.43 bits per heavy atom. The van der Waals surface area contributed by atoms with Gasteiger partial charge >= 0.3 is 6.03 Å². The van der Waals surface area contributed by atoms with Crippen molar-refractivity contribution in [2.24, 2.45) is 5.73 Å². The summed E-state index contributed by atoms with van der Waals surface area (Å²) < 4.78 is 0. The maximum atomic E-state index is 10.7. The van der Waals surface area contributed by atoms with Crippen LogP contribution in [0.25, 0.3) is 5.57 Å². The predicted octanol–water partition coefficient (Wildman–Crippen LogP) is 0.895. The summed E-state index contributed by atoms with van der Waals surface area (Å²) in [6.07, 6.45) is 1.94. The monoisotopic (exact) mass is 190 g/mol. The predicted molar refractivity (Wildman–Crippen MR) is 53.2 cm³/mol. The fourth-order valence-electron chi connectivity index (χ4n) is 0.965. The lowest BCUT2D eigenvalue weighted by molar-refractivity contribution is -0.103. The highest BCUT2D eigenvalue weighted by Gasteiger charge is 1.98. The van der Waals surface area contributed by atoms with Crippen LogP contribution in [0.1, 0.15) is 5.56 Å². The number of hydrogen-bond donors (Lipinski definition) is 2. The molecule has 0 heterocycles. The summed E-state index contributed by atoms with van der Waals surface area (Å²) in [5.41, 5.74) is 5.97. The van der Waals surface area contributed by atoms with E-state index in [1.165, 1.54) is 6.20 Å². The normalized spacial score (nSPS) is 10.7. The minimum Gasteiger partial charge on any atom is -0.351 e. The summed E-state index contributed by atoms with van der Waals surface area (Å²) in [6, 6.07) is 8.29. The van der Waals surface area contributed by atoms with Gasteiger partial charge in [0.05, 0.1) is 0 Å². The zero-order chi connectivity index (χ0) is 10.4. The molecule has 2 amide bonds. The number of aldehydes is 1. The average molecular weight is 190 g/mol. The third-order valence-corrected chi connectivity index (χ3v) is 1.60. The lowest BCUT2D eigenvalue weighted by Crippen LogP contribution is -2.24. The van der Waals surface area contributed by atoms with E-state index in [0.717, 1.165) is 5.56 Å². The lowest BCUT2D eigenvalue weighted by atomic mass is 10.1. The van der Waals surface area contributed by atoms with Crippen molar-refractivity contribution < 1.29 is 9.59 Å². The van der Waals surface area contributed by atoms with Gasteiger partial charge in [-0.05, 0) is 5.56 Å². The Hall–Kier alpha value is -2.10. The van der Waals surface area contributed by atoms with Crippen LogP contribution >= 0.6 is 0 Å². The molecule has 72 valence electrons. The molecule has 0 fully saturated rings. The van der Waals surface area contributed by atoms with Crippen LogP contribution in [0.3, 0.4) is 0 Å². The average Bonchev–Trinajstić information content (AvgIpc) is 2.20. The number of carbonyl (C=O) groups is 2. The molecular formula is C10H10N2O2. The quantitative estimate of drug-likeness (QED) is 0.549. The van der Waals surface area contributed by atoms with E-state index in [4.69, 9.17) is 5.73 Å². The highest BCUT2D eigenvalue weighted by molar-refractivity contribution is 6.07. The minimum absolute atomic E-state index is 0.379. The molecule has 0 atom stereocenters. The van der Waals surface area contributed by atoms with Crippen molar-refractivity contribution in [3.05, 3.63) is 42.1 Å². The zero-order valence-corrected chi connectivity index (χ0v) is 7.44. The van der Waals surface area contributed by atoms with E-state index in [1.54, 1.807) is 24.3 Å². The van der Waals surface area contributed by atoms with Gasteiger partial charge in [0.1, 0.15) is 0 Å². The van der Waals surface area contributed by atoms with E-state index in [2.05, 4.69) is 5.32 Å². The maximum absolute atomic E-state index is 10.7. The molecule has 1 rings (SSSR count). The summed E-state index contributed by atoms with van der Waals surface area (Å²) in [5, 5.41) is 2.24. The van der Waals surface area contributed by atoms with E-state index < -0.39 is 6.03 Å². The molecule has 0 aliphatic heterocycles. The van der Waals surface area contributed by atoms with Crippen molar-refractivity contribution in [2.75, 3.05) is 0 Å². The summed E-state index contributed by atoms with van der Waals surface area (Å²) >= 11 is 0. The van der Waals surface area contributed by atoms with Crippen LogP contribution in [0.2, 0.25) is 0 Å². The molecule has 0 spiro atoms. The van der Waals surface area contributed by atoms with Gasteiger partial charge in [-0.25, -0.2) is 4.79 Å². The van der Waals surface area contributed by atoms with Gasteiger partial charge in [0, 0.05) is 11.8 Å². The lowest BCUT2D eigenvalue weighted by Gasteiger charge is -1.99. The van der Waals surface area contributed by atoms with Crippen LogP contribution in [-0.4, -0.2) is 12.3 Å². The highest BCUT2D eigenvalue weighted by atomic mass is 16.2. The van der Waals surface area contributed by atoms with E-state index in [-0.39, 0.29) is 0 Å². The fourth-order valence-corrected chi connectivity index (χ4v) is 0.965. The molecule has 3 N–H and O–H groups in total. The molecule has 14 heavy (non-hydrogen) atoms. The van der Waals surface area contributed by atoms with Gasteiger partial charge in [-0.15, -0.1) is 0 Å². The zero-order valence-electron chi connectivity index (χ0n) is 7.44. The number of nitrogens with two attached hydrogens (primary N) is 1. The number of allylic oxidation sites excluding steroid dienone is 1. The van der Waals surface area contributed by atoms with Crippen molar-refractivity contribution in [2.45, 2.75) is 0 Å². The molecule has 0 aliphatic rings. The first-order valence-electron chi connectivity index (χ1n) is 4.01. The molecule has 0 radical (unpaired) electrons. The maximum Gasteiger partial charge on any atom is 0.316 e. The molecule has 1 aromatic carbocycles. The second-order valence-corrected chi connectivity index (χ2v) is 2.59. The van der Waals surface area contributed by atoms with Gasteiger partial charge in [-0.1, -0.05) is 30.3 Å². The Morgan fingerprint density at radius 2 is 1.93 bits per heavy atom. The van der Waals surface area contributed by atoms with Gasteiger partial charge in [0.2, 0.25) is 0 Å². The van der Waals surface area contributed by atoms with Crippen molar-refractivity contribution in [1.29, 1.82) is 0 Å². The van der Waals surface area contributed by atoms with Crippen LogP contribution < -0.4 is 11.1 Å². The van der Waals surface area contributed by atoms with Crippen molar-refractivity contribution in [3.63, 3.8) is 0 Å². The minimum atomic E-state index is -0.694. The molecule has 0 aliphatic carbocycles. The number of nitrogens with one attached hydrogen (secondary N) is 1.